The molecule has 9 rings (SSSR count). The Kier molecular flexibility index (Phi) is 8.70. The normalized spacial score (nSPS) is 11.5. The third-order valence-corrected chi connectivity index (χ3v) is 9.93. The van der Waals surface area contributed by atoms with E-state index in [1.165, 1.54) is 32.7 Å². The highest BCUT2D eigenvalue weighted by atomic mass is 35.5. The van der Waals surface area contributed by atoms with Gasteiger partial charge in [0.25, 0.3) is 0 Å². The van der Waals surface area contributed by atoms with Crippen LogP contribution in [0.25, 0.3) is 65.4 Å². The van der Waals surface area contributed by atoms with E-state index < -0.39 is 0 Å². The molecule has 0 atom stereocenters. The largest absolute Gasteiger partial charge is 0.340 e. The van der Waals surface area contributed by atoms with Crippen LogP contribution in [0.3, 0.4) is 0 Å². The second kappa shape index (κ2) is 13.7. The molecule has 0 radical (unpaired) electrons. The van der Waals surface area contributed by atoms with Gasteiger partial charge in [-0.05, 0) is 85.0 Å². The molecule has 0 aliphatic rings. The van der Waals surface area contributed by atoms with E-state index in [0.29, 0.717) is 10.4 Å². The Morgan fingerprint density at radius 1 is 0.520 bits per heavy atom. The molecule has 244 valence electrons. The Bertz CT molecular complexity index is 2520. The van der Waals surface area contributed by atoms with Crippen molar-refractivity contribution in [3.8, 4) is 0 Å². The van der Waals surface area contributed by atoms with Crippen molar-refractivity contribution >= 4 is 77.0 Å². The lowest BCUT2D eigenvalue weighted by Gasteiger charge is -2.14. The van der Waals surface area contributed by atoms with Crippen LogP contribution >= 0.6 is 11.6 Å². The molecule has 0 unspecified atom stereocenters. The third kappa shape index (κ3) is 5.86. The lowest BCUT2D eigenvalue weighted by atomic mass is 9.93. The number of hydrogen-bond donors (Lipinski definition) is 0. The van der Waals surface area contributed by atoms with Gasteiger partial charge in [-0.1, -0.05) is 110 Å². The van der Waals surface area contributed by atoms with Gasteiger partial charge in [0.2, 0.25) is 0 Å². The second-order valence-corrected chi connectivity index (χ2v) is 13.2. The summed E-state index contributed by atoms with van der Waals surface area (Å²) in [5.41, 5.74) is 9.04. The zero-order valence-electron chi connectivity index (χ0n) is 27.9. The fraction of sp³-hybridized carbons (Fsp3) is 0.133. The van der Waals surface area contributed by atoms with Gasteiger partial charge in [-0.15, -0.1) is 0 Å². The number of halogens is 1. The first kappa shape index (κ1) is 31.7. The quantitative estimate of drug-likeness (QED) is 0.166. The first-order chi connectivity index (χ1) is 24.6. The Balaban J connectivity index is 0.000000157. The fourth-order valence-electron chi connectivity index (χ4n) is 7.30. The Hall–Kier alpha value is -5.58. The highest BCUT2D eigenvalue weighted by Crippen LogP contribution is 2.31. The maximum Gasteiger partial charge on any atom is 0.197 e. The number of unbranched alkanes of at least 4 members (excludes halogenated alkanes) is 1. The van der Waals surface area contributed by atoms with Crippen LogP contribution in [0, 0.1) is 0 Å². The van der Waals surface area contributed by atoms with E-state index in [1.54, 1.807) is 6.07 Å². The van der Waals surface area contributed by atoms with Crippen molar-refractivity contribution in [1.29, 1.82) is 0 Å². The number of nitrogens with zero attached hydrogens (tertiary/aromatic N) is 3. The summed E-state index contributed by atoms with van der Waals surface area (Å²) in [5.74, 6) is 0. The minimum Gasteiger partial charge on any atom is -0.340 e. The van der Waals surface area contributed by atoms with Crippen molar-refractivity contribution in [2.45, 2.75) is 39.2 Å². The average Bonchev–Trinajstić information content (AvgIpc) is 3.16. The van der Waals surface area contributed by atoms with Gasteiger partial charge >= 0.3 is 0 Å². The highest BCUT2D eigenvalue weighted by Gasteiger charge is 2.13. The van der Waals surface area contributed by atoms with E-state index in [1.807, 2.05) is 36.4 Å². The van der Waals surface area contributed by atoms with Gasteiger partial charge in [0, 0.05) is 43.9 Å². The molecule has 0 spiro atoms. The maximum absolute atomic E-state index is 12.6. The molecular formula is C45H36ClN3O. The van der Waals surface area contributed by atoms with Gasteiger partial charge in [0.05, 0.1) is 33.1 Å². The first-order valence-corrected chi connectivity index (χ1v) is 17.7. The van der Waals surface area contributed by atoms with Crippen LogP contribution in [-0.2, 0) is 19.4 Å². The molecule has 0 amide bonds. The predicted octanol–water partition coefficient (Wildman–Crippen LogP) is 11.5. The maximum atomic E-state index is 12.6. The van der Waals surface area contributed by atoms with E-state index in [2.05, 4.69) is 109 Å². The average molecular weight is 670 g/mol. The Labute approximate surface area is 295 Å². The van der Waals surface area contributed by atoms with E-state index in [-0.39, 0.29) is 5.43 Å². The number of aromatic nitrogens is 3. The Morgan fingerprint density at radius 2 is 0.940 bits per heavy atom. The number of para-hydroxylation sites is 5. The van der Waals surface area contributed by atoms with Gasteiger partial charge < -0.3 is 4.57 Å². The summed E-state index contributed by atoms with van der Waals surface area (Å²) in [6.45, 7) is 3.08. The van der Waals surface area contributed by atoms with Crippen molar-refractivity contribution < 1.29 is 0 Å². The molecule has 4 nitrogen and oxygen atoms in total. The molecule has 6 aromatic carbocycles. The Morgan fingerprint density at radius 3 is 1.42 bits per heavy atom. The smallest absolute Gasteiger partial charge is 0.197 e. The predicted molar refractivity (Wildman–Crippen MR) is 212 cm³/mol. The molecule has 0 aliphatic carbocycles. The van der Waals surface area contributed by atoms with Gasteiger partial charge in [0.15, 0.2) is 5.43 Å². The molecule has 0 N–H and O–H groups in total. The summed E-state index contributed by atoms with van der Waals surface area (Å²) < 4.78 is 2.23. The molecule has 0 aliphatic heterocycles. The van der Waals surface area contributed by atoms with Crippen molar-refractivity contribution in [1.82, 2.24) is 14.5 Å². The van der Waals surface area contributed by atoms with Crippen LogP contribution in [-0.4, -0.2) is 14.5 Å². The number of pyridine rings is 3. The zero-order valence-corrected chi connectivity index (χ0v) is 28.7. The van der Waals surface area contributed by atoms with Gasteiger partial charge in [-0.3, -0.25) is 4.79 Å². The molecule has 0 saturated carbocycles. The van der Waals surface area contributed by atoms with Crippen molar-refractivity contribution in [3.05, 3.63) is 166 Å². The minimum absolute atomic E-state index is 0.0610. The number of rotatable bonds is 6. The molecule has 50 heavy (non-hydrogen) atoms. The van der Waals surface area contributed by atoms with Crippen LogP contribution in [0.2, 0.25) is 5.02 Å². The standard InChI is InChI=1S/C28H20N2.C17H16ClNO/c1-5-13-25-21(9-1)19(22-10-2-6-14-26(22)29-25)17-18-20-23-11-3-7-15-27(23)30-28-16-8-4-12-24(20)28;1-2-3-10-19-15-7-5-4-6-13(15)17(20)14-11-12(18)8-9-16(14)19/h1-16H,17-18H2;4-9,11H,2-3,10H2,1H3. The number of hydrogen-bond acceptors (Lipinski definition) is 3. The summed E-state index contributed by atoms with van der Waals surface area (Å²) in [4.78, 5) is 22.4. The molecule has 9 aromatic rings. The molecule has 0 bridgehead atoms. The molecule has 0 fully saturated rings. The summed E-state index contributed by atoms with van der Waals surface area (Å²) in [7, 11) is 0. The number of aryl methyl sites for hydroxylation is 3. The third-order valence-electron chi connectivity index (χ3n) is 9.69. The summed E-state index contributed by atoms with van der Waals surface area (Å²) in [6, 6.07) is 47.3. The molecular weight excluding hydrogens is 634 g/mol. The summed E-state index contributed by atoms with van der Waals surface area (Å²) >= 11 is 6.05. The minimum atomic E-state index is 0.0610. The van der Waals surface area contributed by atoms with Gasteiger partial charge in [-0.25, -0.2) is 9.97 Å². The monoisotopic (exact) mass is 669 g/mol. The van der Waals surface area contributed by atoms with Crippen LogP contribution in [0.5, 0.6) is 0 Å². The van der Waals surface area contributed by atoms with Gasteiger partial charge in [0.1, 0.15) is 0 Å². The topological polar surface area (TPSA) is 47.8 Å². The van der Waals surface area contributed by atoms with Crippen LogP contribution in [0.1, 0.15) is 30.9 Å². The SMILES string of the molecule is CCCCn1c2ccccc2c(=O)c2cc(Cl)ccc21.c1ccc2c(CCc3c4ccccc4nc4ccccc34)c3ccccc3nc2c1. The first-order valence-electron chi connectivity index (χ1n) is 17.3. The lowest BCUT2D eigenvalue weighted by Crippen LogP contribution is -2.11. The molecule has 5 heteroatoms. The molecule has 3 heterocycles. The van der Waals surface area contributed by atoms with E-state index in [4.69, 9.17) is 21.6 Å². The highest BCUT2D eigenvalue weighted by molar-refractivity contribution is 6.31. The number of fused-ring (bicyclic) bond motifs is 6. The summed E-state index contributed by atoms with van der Waals surface area (Å²) in [5, 5.41) is 7.06. The summed E-state index contributed by atoms with van der Waals surface area (Å²) in [6.07, 6.45) is 4.13. The second-order valence-electron chi connectivity index (χ2n) is 12.8. The van der Waals surface area contributed by atoms with E-state index >= 15 is 0 Å². The zero-order chi connectivity index (χ0) is 34.0. The molecule has 0 saturated heterocycles. The van der Waals surface area contributed by atoms with E-state index in [0.717, 1.165) is 70.7 Å². The lowest BCUT2D eigenvalue weighted by molar-refractivity contribution is 0.662. The fourth-order valence-corrected chi connectivity index (χ4v) is 7.47. The van der Waals surface area contributed by atoms with Crippen LogP contribution < -0.4 is 5.43 Å². The van der Waals surface area contributed by atoms with Crippen molar-refractivity contribution in [2.24, 2.45) is 0 Å². The number of benzene rings is 6. The van der Waals surface area contributed by atoms with E-state index in [9.17, 15) is 4.79 Å². The molecule has 3 aromatic heterocycles. The van der Waals surface area contributed by atoms with Gasteiger partial charge in [-0.2, -0.15) is 0 Å². The van der Waals surface area contributed by atoms with Crippen molar-refractivity contribution in [3.63, 3.8) is 0 Å². The van der Waals surface area contributed by atoms with Crippen LogP contribution in [0.15, 0.2) is 144 Å². The van der Waals surface area contributed by atoms with Crippen LogP contribution in [0.4, 0.5) is 0 Å². The van der Waals surface area contributed by atoms with Crippen molar-refractivity contribution in [2.75, 3.05) is 0 Å².